The lowest BCUT2D eigenvalue weighted by atomic mass is 10.1. The van der Waals surface area contributed by atoms with Crippen molar-refractivity contribution in [1.82, 2.24) is 20.2 Å². The molecule has 4 aromatic rings. The van der Waals surface area contributed by atoms with Gasteiger partial charge in [0, 0.05) is 17.8 Å². The molecule has 0 aliphatic rings. The maximum atomic E-state index is 15.8. The SMILES string of the molecule is CCOc1cc(OC(C)C)c(F)c(N(Cc2nnn(-c3ccccc3)n2)c2ccc(C#N)cc2)c1. The molecule has 0 aliphatic heterocycles. The van der Waals surface area contributed by atoms with E-state index in [-0.39, 0.29) is 24.1 Å². The van der Waals surface area contributed by atoms with Gasteiger partial charge in [0.2, 0.25) is 0 Å². The van der Waals surface area contributed by atoms with Crippen LogP contribution in [0.1, 0.15) is 32.2 Å². The van der Waals surface area contributed by atoms with E-state index < -0.39 is 5.82 Å². The first kappa shape index (κ1) is 23.7. The van der Waals surface area contributed by atoms with E-state index in [1.54, 1.807) is 41.3 Å². The summed E-state index contributed by atoms with van der Waals surface area (Å²) in [6.45, 7) is 6.05. The summed E-state index contributed by atoms with van der Waals surface area (Å²) in [4.78, 5) is 3.13. The molecule has 1 heterocycles. The zero-order valence-electron chi connectivity index (χ0n) is 19.7. The number of aromatic nitrogens is 4. The zero-order valence-corrected chi connectivity index (χ0v) is 19.7. The number of tetrazole rings is 1. The largest absolute Gasteiger partial charge is 0.494 e. The zero-order chi connectivity index (χ0) is 24.8. The smallest absolute Gasteiger partial charge is 0.194 e. The van der Waals surface area contributed by atoms with E-state index in [4.69, 9.17) is 9.47 Å². The number of hydrogen-bond donors (Lipinski definition) is 0. The van der Waals surface area contributed by atoms with Crippen LogP contribution in [0.25, 0.3) is 5.69 Å². The van der Waals surface area contributed by atoms with Gasteiger partial charge in [0.25, 0.3) is 0 Å². The lowest BCUT2D eigenvalue weighted by molar-refractivity contribution is 0.229. The van der Waals surface area contributed by atoms with Crippen LogP contribution in [0.2, 0.25) is 0 Å². The van der Waals surface area contributed by atoms with Crippen LogP contribution >= 0.6 is 0 Å². The molecule has 0 atom stereocenters. The normalized spacial score (nSPS) is 10.7. The maximum Gasteiger partial charge on any atom is 0.194 e. The summed E-state index contributed by atoms with van der Waals surface area (Å²) in [6.07, 6.45) is -0.231. The van der Waals surface area contributed by atoms with Crippen molar-refractivity contribution in [3.63, 3.8) is 0 Å². The van der Waals surface area contributed by atoms with Crippen LogP contribution in [0.15, 0.2) is 66.7 Å². The first-order valence-electron chi connectivity index (χ1n) is 11.2. The number of benzene rings is 3. The molecular formula is C26H25FN6O2. The van der Waals surface area contributed by atoms with E-state index in [1.807, 2.05) is 51.1 Å². The predicted octanol–water partition coefficient (Wildman–Crippen LogP) is 5.20. The second-order valence-electron chi connectivity index (χ2n) is 7.93. The van der Waals surface area contributed by atoms with Gasteiger partial charge in [0.15, 0.2) is 17.4 Å². The van der Waals surface area contributed by atoms with Crippen molar-refractivity contribution >= 4 is 11.4 Å². The van der Waals surface area contributed by atoms with Crippen molar-refractivity contribution in [2.24, 2.45) is 0 Å². The van der Waals surface area contributed by atoms with Gasteiger partial charge in [-0.2, -0.15) is 5.26 Å². The van der Waals surface area contributed by atoms with Crippen molar-refractivity contribution in [3.8, 4) is 23.3 Å². The number of halogens is 1. The lowest BCUT2D eigenvalue weighted by Gasteiger charge is -2.26. The summed E-state index contributed by atoms with van der Waals surface area (Å²) < 4.78 is 27.2. The molecule has 4 rings (SSSR count). The molecule has 0 fully saturated rings. The molecule has 0 N–H and O–H groups in total. The second-order valence-corrected chi connectivity index (χ2v) is 7.93. The maximum absolute atomic E-state index is 15.8. The highest BCUT2D eigenvalue weighted by Crippen LogP contribution is 2.38. The van der Waals surface area contributed by atoms with Gasteiger partial charge in [-0.25, -0.2) is 4.39 Å². The number of nitrogens with zero attached hydrogens (tertiary/aromatic N) is 6. The highest BCUT2D eigenvalue weighted by atomic mass is 19.1. The minimum absolute atomic E-state index is 0.0838. The number of hydrogen-bond acceptors (Lipinski definition) is 7. The summed E-state index contributed by atoms with van der Waals surface area (Å²) in [7, 11) is 0. The van der Waals surface area contributed by atoms with Gasteiger partial charge >= 0.3 is 0 Å². The molecule has 0 aliphatic carbocycles. The fraction of sp³-hybridized carbons (Fsp3) is 0.231. The molecule has 0 amide bonds. The first-order valence-corrected chi connectivity index (χ1v) is 11.2. The van der Waals surface area contributed by atoms with Gasteiger partial charge in [-0.15, -0.1) is 15.0 Å². The molecule has 3 aromatic carbocycles. The molecule has 9 heteroatoms. The van der Waals surface area contributed by atoms with E-state index in [2.05, 4.69) is 21.5 Å². The molecule has 178 valence electrons. The van der Waals surface area contributed by atoms with Crippen LogP contribution in [0.5, 0.6) is 11.5 Å². The average molecular weight is 473 g/mol. The quantitative estimate of drug-likeness (QED) is 0.331. The summed E-state index contributed by atoms with van der Waals surface area (Å²) >= 11 is 0. The monoisotopic (exact) mass is 472 g/mol. The second kappa shape index (κ2) is 10.7. The Kier molecular flexibility index (Phi) is 7.21. The lowest BCUT2D eigenvalue weighted by Crippen LogP contribution is -2.20. The van der Waals surface area contributed by atoms with Gasteiger partial charge in [0.05, 0.1) is 42.3 Å². The number of nitriles is 1. The number of ether oxygens (including phenoxy) is 2. The Morgan fingerprint density at radius 1 is 1.09 bits per heavy atom. The standard InChI is InChI=1S/C26H25FN6O2/c1-4-34-22-14-23(26(27)24(15-22)35-18(2)3)32(20-12-10-19(16-28)11-13-20)17-25-29-31-33(30-25)21-8-6-5-7-9-21/h5-15,18H,4,17H2,1-3H3. The Balaban J connectivity index is 1.79. The topological polar surface area (TPSA) is 89.1 Å². The first-order chi connectivity index (χ1) is 17.0. The fourth-order valence-electron chi connectivity index (χ4n) is 3.49. The van der Waals surface area contributed by atoms with E-state index in [1.165, 1.54) is 4.80 Å². The number of anilines is 2. The van der Waals surface area contributed by atoms with Gasteiger partial charge in [-0.1, -0.05) is 18.2 Å². The van der Waals surface area contributed by atoms with Crippen LogP contribution in [-0.4, -0.2) is 32.9 Å². The Labute approximate surface area is 203 Å². The van der Waals surface area contributed by atoms with Crippen molar-refractivity contribution in [1.29, 1.82) is 5.26 Å². The summed E-state index contributed by atoms with van der Waals surface area (Å²) in [5.74, 6) is 0.396. The Hall–Kier alpha value is -4.45. The van der Waals surface area contributed by atoms with Gasteiger partial charge in [0.1, 0.15) is 5.75 Å². The van der Waals surface area contributed by atoms with Gasteiger partial charge < -0.3 is 14.4 Å². The molecule has 0 unspecified atom stereocenters. The minimum atomic E-state index is -0.540. The van der Waals surface area contributed by atoms with Gasteiger partial charge in [-0.3, -0.25) is 0 Å². The molecule has 35 heavy (non-hydrogen) atoms. The molecule has 0 spiro atoms. The molecule has 0 bridgehead atoms. The number of rotatable bonds is 9. The van der Waals surface area contributed by atoms with Crippen molar-refractivity contribution in [3.05, 3.63) is 83.9 Å². The molecule has 0 radical (unpaired) electrons. The van der Waals surface area contributed by atoms with E-state index >= 15 is 4.39 Å². The third kappa shape index (κ3) is 5.55. The molecule has 8 nitrogen and oxygen atoms in total. The summed E-state index contributed by atoms with van der Waals surface area (Å²) in [6, 6.07) is 21.5. The molecule has 0 saturated carbocycles. The number of para-hydroxylation sites is 1. The Bertz CT molecular complexity index is 1320. The van der Waals surface area contributed by atoms with Crippen molar-refractivity contribution in [2.45, 2.75) is 33.4 Å². The van der Waals surface area contributed by atoms with Crippen molar-refractivity contribution in [2.75, 3.05) is 11.5 Å². The third-order valence-electron chi connectivity index (χ3n) is 5.01. The van der Waals surface area contributed by atoms with E-state index in [0.717, 1.165) is 5.69 Å². The van der Waals surface area contributed by atoms with Crippen LogP contribution in [0.3, 0.4) is 0 Å². The molecular weight excluding hydrogens is 447 g/mol. The van der Waals surface area contributed by atoms with Crippen molar-refractivity contribution < 1.29 is 13.9 Å². The molecule has 0 saturated heterocycles. The minimum Gasteiger partial charge on any atom is -0.494 e. The fourth-order valence-corrected chi connectivity index (χ4v) is 3.49. The average Bonchev–Trinajstić information content (AvgIpc) is 3.34. The van der Waals surface area contributed by atoms with Crippen LogP contribution in [0.4, 0.5) is 15.8 Å². The Morgan fingerprint density at radius 3 is 2.49 bits per heavy atom. The van der Waals surface area contributed by atoms with Crippen LogP contribution in [0, 0.1) is 17.1 Å². The summed E-state index contributed by atoms with van der Waals surface area (Å²) in [5, 5.41) is 22.0. The molecule has 1 aromatic heterocycles. The highest BCUT2D eigenvalue weighted by molar-refractivity contribution is 5.68. The summed E-state index contributed by atoms with van der Waals surface area (Å²) in [5.41, 5.74) is 2.12. The Morgan fingerprint density at radius 2 is 1.83 bits per heavy atom. The van der Waals surface area contributed by atoms with Crippen LogP contribution < -0.4 is 14.4 Å². The van der Waals surface area contributed by atoms with E-state index in [0.29, 0.717) is 29.4 Å². The highest BCUT2D eigenvalue weighted by Gasteiger charge is 2.22. The van der Waals surface area contributed by atoms with E-state index in [9.17, 15) is 5.26 Å². The predicted molar refractivity (Wildman–Crippen MR) is 129 cm³/mol. The third-order valence-corrected chi connectivity index (χ3v) is 5.01. The van der Waals surface area contributed by atoms with Gasteiger partial charge in [-0.05, 0) is 62.4 Å². The van der Waals surface area contributed by atoms with Crippen LogP contribution in [-0.2, 0) is 6.54 Å².